The van der Waals surface area contributed by atoms with Crippen LogP contribution in [0.4, 0.5) is 16.3 Å². The van der Waals surface area contributed by atoms with Crippen LogP contribution in [0, 0.1) is 0 Å². The number of carbonyl (C=O) groups is 1. The summed E-state index contributed by atoms with van der Waals surface area (Å²) in [4.78, 5) is 25.3. The second-order valence-electron chi connectivity index (χ2n) is 7.66. The second-order valence-corrected chi connectivity index (χ2v) is 7.66. The van der Waals surface area contributed by atoms with Crippen molar-refractivity contribution >= 4 is 23.1 Å². The molecule has 5 aromatic rings. The topological polar surface area (TPSA) is 106 Å². The van der Waals surface area contributed by atoms with Crippen LogP contribution in [-0.4, -0.2) is 37.3 Å². The molecule has 9 nitrogen and oxygen atoms in total. The summed E-state index contributed by atoms with van der Waals surface area (Å²) < 4.78 is 6.76. The number of aromatic nitrogens is 5. The van der Waals surface area contributed by atoms with Gasteiger partial charge in [-0.3, -0.25) is 15.3 Å². The molecule has 0 saturated carbocycles. The van der Waals surface area contributed by atoms with E-state index in [4.69, 9.17) is 14.8 Å². The van der Waals surface area contributed by atoms with Crippen LogP contribution in [0.1, 0.15) is 12.6 Å². The number of pyridine rings is 2. The van der Waals surface area contributed by atoms with Gasteiger partial charge in [0.1, 0.15) is 5.52 Å². The zero-order chi connectivity index (χ0) is 24.0. The van der Waals surface area contributed by atoms with Crippen LogP contribution in [-0.2, 0) is 11.3 Å². The Bertz CT molecular complexity index is 1450. The van der Waals surface area contributed by atoms with Crippen molar-refractivity contribution in [3.8, 4) is 22.5 Å². The highest BCUT2D eigenvalue weighted by atomic mass is 16.5. The van der Waals surface area contributed by atoms with Crippen molar-refractivity contribution < 1.29 is 9.53 Å². The Kier molecular flexibility index (Phi) is 6.29. The van der Waals surface area contributed by atoms with Gasteiger partial charge in [-0.2, -0.15) is 0 Å². The summed E-state index contributed by atoms with van der Waals surface area (Å²) in [6.07, 6.45) is 6.32. The van der Waals surface area contributed by atoms with Crippen LogP contribution in [0.3, 0.4) is 0 Å². The monoisotopic (exact) mass is 465 g/mol. The fourth-order valence-corrected chi connectivity index (χ4v) is 3.71. The number of rotatable bonds is 7. The van der Waals surface area contributed by atoms with Gasteiger partial charge >= 0.3 is 6.09 Å². The van der Waals surface area contributed by atoms with E-state index >= 15 is 0 Å². The Balaban J connectivity index is 1.56. The van der Waals surface area contributed by atoms with Gasteiger partial charge in [0.05, 0.1) is 30.7 Å². The summed E-state index contributed by atoms with van der Waals surface area (Å²) in [5.41, 5.74) is 4.96. The van der Waals surface area contributed by atoms with Crippen molar-refractivity contribution in [2.75, 3.05) is 17.2 Å². The molecule has 5 rings (SSSR count). The highest BCUT2D eigenvalue weighted by Gasteiger charge is 2.16. The first-order chi connectivity index (χ1) is 17.2. The Hall–Kier alpha value is -4.79. The van der Waals surface area contributed by atoms with E-state index in [1.165, 1.54) is 0 Å². The molecule has 0 aliphatic carbocycles. The van der Waals surface area contributed by atoms with Crippen molar-refractivity contribution in [1.29, 1.82) is 0 Å². The molecule has 0 atom stereocenters. The Morgan fingerprint density at radius 2 is 1.89 bits per heavy atom. The first-order valence-electron chi connectivity index (χ1n) is 11.2. The molecular formula is C26H23N7O2. The lowest BCUT2D eigenvalue weighted by Gasteiger charge is -2.12. The number of nitrogens with one attached hydrogen (secondary N) is 2. The summed E-state index contributed by atoms with van der Waals surface area (Å²) >= 11 is 0. The molecule has 0 saturated heterocycles. The third-order valence-corrected chi connectivity index (χ3v) is 5.28. The number of hydrogen-bond donors (Lipinski definition) is 2. The summed E-state index contributed by atoms with van der Waals surface area (Å²) in [7, 11) is 0. The number of anilines is 2. The minimum atomic E-state index is -0.543. The standard InChI is InChI=1S/C26H23N7O2/c1-2-35-26(34)30-21-14-19(15-27-16-21)24-31-25(29-17-20-10-6-7-12-28-20)23-22(11-13-33(23)32-24)18-8-4-3-5-9-18/h3-16H,2,17H2,1H3,(H,30,34)(H,29,31,32). The molecule has 0 aliphatic heterocycles. The van der Waals surface area contributed by atoms with E-state index in [1.54, 1.807) is 36.1 Å². The van der Waals surface area contributed by atoms with Crippen LogP contribution in [0.25, 0.3) is 28.0 Å². The SMILES string of the molecule is CCOC(=O)Nc1cncc(-c2nc(NCc3ccccn3)c3c(-c4ccccc4)ccn3n2)c1. The van der Waals surface area contributed by atoms with E-state index in [0.29, 0.717) is 29.4 Å². The lowest BCUT2D eigenvalue weighted by atomic mass is 10.1. The van der Waals surface area contributed by atoms with E-state index in [1.807, 2.05) is 48.7 Å². The number of benzene rings is 1. The van der Waals surface area contributed by atoms with Gasteiger partial charge in [-0.05, 0) is 36.8 Å². The van der Waals surface area contributed by atoms with Gasteiger partial charge in [-0.15, -0.1) is 5.10 Å². The predicted octanol–water partition coefficient (Wildman–Crippen LogP) is 5.03. The van der Waals surface area contributed by atoms with Crippen molar-refractivity contribution in [2.45, 2.75) is 13.5 Å². The van der Waals surface area contributed by atoms with Crippen LogP contribution in [0.15, 0.2) is 85.5 Å². The maximum atomic E-state index is 11.8. The molecular weight excluding hydrogens is 442 g/mol. The Morgan fingerprint density at radius 3 is 2.69 bits per heavy atom. The first kappa shape index (κ1) is 22.0. The molecule has 0 fully saturated rings. The molecule has 9 heteroatoms. The maximum Gasteiger partial charge on any atom is 0.411 e. The maximum absolute atomic E-state index is 11.8. The van der Waals surface area contributed by atoms with Gasteiger partial charge in [0, 0.05) is 29.7 Å². The molecule has 0 bridgehead atoms. The Labute approximate surface area is 201 Å². The third-order valence-electron chi connectivity index (χ3n) is 5.28. The molecule has 1 aromatic carbocycles. The third kappa shape index (κ3) is 4.93. The predicted molar refractivity (Wildman–Crippen MR) is 134 cm³/mol. The number of hydrogen-bond acceptors (Lipinski definition) is 7. The summed E-state index contributed by atoms with van der Waals surface area (Å²) in [5.74, 6) is 1.12. The smallest absolute Gasteiger partial charge is 0.411 e. The van der Waals surface area contributed by atoms with Gasteiger partial charge in [-0.1, -0.05) is 36.4 Å². The molecule has 35 heavy (non-hydrogen) atoms. The molecule has 0 spiro atoms. The molecule has 4 aromatic heterocycles. The van der Waals surface area contributed by atoms with Crippen LogP contribution < -0.4 is 10.6 Å². The summed E-state index contributed by atoms with van der Waals surface area (Å²) in [6.45, 7) is 2.52. The molecule has 0 unspecified atom stereocenters. The zero-order valence-electron chi connectivity index (χ0n) is 19.0. The second kappa shape index (κ2) is 10.0. The fourth-order valence-electron chi connectivity index (χ4n) is 3.71. The summed E-state index contributed by atoms with van der Waals surface area (Å²) in [6, 6.07) is 19.7. The molecule has 0 radical (unpaired) electrons. The Morgan fingerprint density at radius 1 is 1.03 bits per heavy atom. The number of fused-ring (bicyclic) bond motifs is 1. The number of nitrogens with zero attached hydrogens (tertiary/aromatic N) is 5. The zero-order valence-corrected chi connectivity index (χ0v) is 19.0. The van der Waals surface area contributed by atoms with Gasteiger partial charge < -0.3 is 10.1 Å². The highest BCUT2D eigenvalue weighted by molar-refractivity contribution is 5.89. The van der Waals surface area contributed by atoms with E-state index in [9.17, 15) is 4.79 Å². The average Bonchev–Trinajstić information content (AvgIpc) is 3.33. The van der Waals surface area contributed by atoms with Crippen LogP contribution in [0.2, 0.25) is 0 Å². The quantitative estimate of drug-likeness (QED) is 0.347. The van der Waals surface area contributed by atoms with Crippen LogP contribution >= 0.6 is 0 Å². The average molecular weight is 466 g/mol. The van der Waals surface area contributed by atoms with Gasteiger partial charge in [0.15, 0.2) is 11.6 Å². The number of amides is 1. The molecule has 174 valence electrons. The van der Waals surface area contributed by atoms with Gasteiger partial charge in [0.2, 0.25) is 0 Å². The lowest BCUT2D eigenvalue weighted by Crippen LogP contribution is -2.13. The van der Waals surface area contributed by atoms with Crippen molar-refractivity contribution in [2.24, 2.45) is 0 Å². The first-order valence-corrected chi connectivity index (χ1v) is 11.2. The van der Waals surface area contributed by atoms with E-state index in [2.05, 4.69) is 32.7 Å². The van der Waals surface area contributed by atoms with E-state index in [0.717, 1.165) is 22.3 Å². The van der Waals surface area contributed by atoms with Crippen molar-refractivity contribution in [3.63, 3.8) is 0 Å². The number of ether oxygens (including phenoxy) is 1. The fraction of sp³-hybridized carbons (Fsp3) is 0.115. The molecule has 2 N–H and O–H groups in total. The molecule has 1 amide bonds. The van der Waals surface area contributed by atoms with Gasteiger partial charge in [0.25, 0.3) is 0 Å². The van der Waals surface area contributed by atoms with Gasteiger partial charge in [-0.25, -0.2) is 14.3 Å². The molecule has 0 aliphatic rings. The van der Waals surface area contributed by atoms with Crippen LogP contribution in [0.5, 0.6) is 0 Å². The normalized spacial score (nSPS) is 10.8. The van der Waals surface area contributed by atoms with E-state index < -0.39 is 6.09 Å². The minimum Gasteiger partial charge on any atom is -0.450 e. The minimum absolute atomic E-state index is 0.279. The van der Waals surface area contributed by atoms with Crippen molar-refractivity contribution in [1.82, 2.24) is 24.6 Å². The lowest BCUT2D eigenvalue weighted by molar-refractivity contribution is 0.168. The van der Waals surface area contributed by atoms with E-state index in [-0.39, 0.29) is 6.61 Å². The van der Waals surface area contributed by atoms with Crippen molar-refractivity contribution in [3.05, 3.63) is 91.1 Å². The summed E-state index contributed by atoms with van der Waals surface area (Å²) in [5, 5.41) is 10.8. The number of carbonyl (C=O) groups excluding carboxylic acids is 1. The molecule has 4 heterocycles. The highest BCUT2D eigenvalue weighted by Crippen LogP contribution is 2.31. The largest absolute Gasteiger partial charge is 0.450 e.